The largest absolute Gasteiger partial charge is 0.464 e. The van der Waals surface area contributed by atoms with Crippen LogP contribution in [0.5, 0.6) is 0 Å². The molecule has 1 aliphatic rings. The molecule has 32 heavy (non-hydrogen) atoms. The summed E-state index contributed by atoms with van der Waals surface area (Å²) < 4.78 is 12.1. The van der Waals surface area contributed by atoms with Crippen LogP contribution in [0, 0.1) is 18.3 Å². The van der Waals surface area contributed by atoms with Gasteiger partial charge in [0.1, 0.15) is 41.8 Å². The molecule has 0 saturated carbocycles. The van der Waals surface area contributed by atoms with E-state index in [1.165, 1.54) is 6.26 Å². The van der Waals surface area contributed by atoms with Crippen molar-refractivity contribution >= 4 is 0 Å². The fourth-order valence-corrected chi connectivity index (χ4v) is 3.85. The minimum absolute atomic E-state index is 0.243. The van der Waals surface area contributed by atoms with Gasteiger partial charge in [-0.2, -0.15) is 5.26 Å². The van der Waals surface area contributed by atoms with Gasteiger partial charge in [-0.05, 0) is 30.7 Å². The number of rotatable bonds is 4. The number of hydrogen-bond acceptors (Lipinski definition) is 8. The molecular weight excluding hydrogens is 416 g/mol. The highest BCUT2D eigenvalue weighted by Gasteiger charge is 2.45. The molecule has 1 saturated heterocycles. The van der Waals surface area contributed by atoms with Gasteiger partial charge in [0.2, 0.25) is 0 Å². The van der Waals surface area contributed by atoms with Crippen LogP contribution in [0.15, 0.2) is 57.9 Å². The summed E-state index contributed by atoms with van der Waals surface area (Å²) in [6.07, 6.45) is -6.22. The lowest BCUT2D eigenvalue weighted by molar-refractivity contribution is -0.251. The number of furan rings is 1. The van der Waals surface area contributed by atoms with Crippen molar-refractivity contribution in [2.75, 3.05) is 6.61 Å². The van der Waals surface area contributed by atoms with Crippen molar-refractivity contribution in [3.05, 3.63) is 70.2 Å². The number of aliphatic hydroxyl groups is 4. The molecular formula is C23H22N2O7. The summed E-state index contributed by atoms with van der Waals surface area (Å²) >= 11 is 0. The Hall–Kier alpha value is -3.26. The lowest BCUT2D eigenvalue weighted by Gasteiger charge is -2.41. The maximum absolute atomic E-state index is 13.5. The first-order valence-corrected chi connectivity index (χ1v) is 9.98. The van der Waals surface area contributed by atoms with E-state index in [1.807, 2.05) is 25.1 Å². The summed E-state index contributed by atoms with van der Waals surface area (Å²) in [4.78, 5) is 13.5. The number of nitrogens with zero attached hydrogens (tertiary/aromatic N) is 2. The number of pyridine rings is 1. The van der Waals surface area contributed by atoms with Crippen molar-refractivity contribution in [2.24, 2.45) is 0 Å². The van der Waals surface area contributed by atoms with Crippen LogP contribution in [0.2, 0.25) is 0 Å². The van der Waals surface area contributed by atoms with Gasteiger partial charge in [-0.3, -0.25) is 9.36 Å². The lowest BCUT2D eigenvalue weighted by Crippen LogP contribution is -2.57. The van der Waals surface area contributed by atoms with E-state index in [2.05, 4.69) is 0 Å². The zero-order valence-electron chi connectivity index (χ0n) is 17.1. The maximum atomic E-state index is 13.5. The molecule has 0 aliphatic carbocycles. The molecule has 0 spiro atoms. The van der Waals surface area contributed by atoms with Gasteiger partial charge in [0.25, 0.3) is 5.56 Å². The van der Waals surface area contributed by atoms with Crippen LogP contribution in [0.1, 0.15) is 17.4 Å². The molecule has 4 N–H and O–H groups in total. The second kappa shape index (κ2) is 8.70. The van der Waals surface area contributed by atoms with E-state index in [0.29, 0.717) is 17.0 Å². The van der Waals surface area contributed by atoms with E-state index in [-0.39, 0.29) is 11.1 Å². The number of nitriles is 1. The molecule has 1 aliphatic heterocycles. The van der Waals surface area contributed by atoms with Gasteiger partial charge in [-0.25, -0.2) is 0 Å². The Morgan fingerprint density at radius 1 is 1.09 bits per heavy atom. The Bertz CT molecular complexity index is 1190. The van der Waals surface area contributed by atoms with Gasteiger partial charge in [0.05, 0.1) is 18.6 Å². The standard InChI is InChI=1S/C23H22N2O7/c1-12-4-6-13(7-5-12)16-9-14(17-3-2-8-31-17)15(10-24)22(30)25(16)23-21(29)20(28)19(27)18(11-26)32-23/h2-9,18-21,23,26-29H,11H2,1H3/t18-,19+,20+,21-,23-/m0/s1. The molecule has 0 radical (unpaired) electrons. The molecule has 5 atom stereocenters. The smallest absolute Gasteiger partial charge is 0.271 e. The Balaban J connectivity index is 2.00. The van der Waals surface area contributed by atoms with Crippen LogP contribution in [-0.2, 0) is 4.74 Å². The van der Waals surface area contributed by atoms with Crippen molar-refractivity contribution < 1.29 is 29.6 Å². The minimum atomic E-state index is -1.70. The highest BCUT2D eigenvalue weighted by Crippen LogP contribution is 2.34. The molecule has 3 heterocycles. The monoisotopic (exact) mass is 438 g/mol. The third kappa shape index (κ3) is 3.64. The molecule has 0 unspecified atom stereocenters. The maximum Gasteiger partial charge on any atom is 0.271 e. The van der Waals surface area contributed by atoms with Crippen LogP contribution in [0.25, 0.3) is 22.6 Å². The highest BCUT2D eigenvalue weighted by atomic mass is 16.6. The third-order valence-electron chi connectivity index (χ3n) is 5.61. The molecule has 2 aromatic heterocycles. The van der Waals surface area contributed by atoms with Gasteiger partial charge in [-0.15, -0.1) is 0 Å². The Kier molecular flexibility index (Phi) is 5.97. The summed E-state index contributed by atoms with van der Waals surface area (Å²) in [7, 11) is 0. The van der Waals surface area contributed by atoms with E-state index in [4.69, 9.17) is 9.15 Å². The summed E-state index contributed by atoms with van der Waals surface area (Å²) in [5, 5.41) is 50.3. The first-order chi connectivity index (χ1) is 15.4. The fourth-order valence-electron chi connectivity index (χ4n) is 3.85. The Labute approximate surface area is 183 Å². The minimum Gasteiger partial charge on any atom is -0.464 e. The molecule has 1 aromatic carbocycles. The van der Waals surface area contributed by atoms with Crippen LogP contribution in [0.3, 0.4) is 0 Å². The third-order valence-corrected chi connectivity index (χ3v) is 5.61. The molecule has 9 nitrogen and oxygen atoms in total. The second-order valence-electron chi connectivity index (χ2n) is 7.67. The molecule has 0 bridgehead atoms. The van der Waals surface area contributed by atoms with Crippen molar-refractivity contribution in [1.29, 1.82) is 5.26 Å². The predicted octanol–water partition coefficient (Wildman–Crippen LogP) is 0.928. The number of ether oxygens (including phenoxy) is 1. The zero-order chi connectivity index (χ0) is 23.0. The first-order valence-electron chi connectivity index (χ1n) is 9.98. The zero-order valence-corrected chi connectivity index (χ0v) is 17.1. The topological polar surface area (TPSA) is 149 Å². The highest BCUT2D eigenvalue weighted by molar-refractivity contribution is 5.73. The predicted molar refractivity (Wildman–Crippen MR) is 112 cm³/mol. The number of aliphatic hydroxyl groups excluding tert-OH is 4. The van der Waals surface area contributed by atoms with Gasteiger partial charge < -0.3 is 29.6 Å². The number of hydrogen-bond donors (Lipinski definition) is 4. The van der Waals surface area contributed by atoms with Crippen molar-refractivity contribution in [3.63, 3.8) is 0 Å². The summed E-state index contributed by atoms with van der Waals surface area (Å²) in [5.74, 6) is 0.313. The molecule has 1 fully saturated rings. The van der Waals surface area contributed by atoms with Crippen LogP contribution < -0.4 is 5.56 Å². The molecule has 166 valence electrons. The second-order valence-corrected chi connectivity index (χ2v) is 7.67. The van der Waals surface area contributed by atoms with Crippen LogP contribution >= 0.6 is 0 Å². The van der Waals surface area contributed by atoms with E-state index in [1.54, 1.807) is 30.3 Å². The normalized spacial score (nSPS) is 25.4. The summed E-state index contributed by atoms with van der Waals surface area (Å²) in [5.41, 5.74) is 1.11. The van der Waals surface area contributed by atoms with Gasteiger partial charge in [-0.1, -0.05) is 29.8 Å². The molecule has 9 heteroatoms. The SMILES string of the molecule is Cc1ccc(-c2cc(-c3ccco3)c(C#N)c(=O)n2[C@H]2O[C@@H](CO)[C@@H](O)[C@@H](O)[C@@H]2O)cc1. The van der Waals surface area contributed by atoms with Gasteiger partial charge >= 0.3 is 0 Å². The first kappa shape index (κ1) is 22.0. The van der Waals surface area contributed by atoms with Gasteiger partial charge in [0, 0.05) is 5.56 Å². The number of aryl methyl sites for hydroxylation is 1. The van der Waals surface area contributed by atoms with Crippen molar-refractivity contribution in [3.8, 4) is 28.7 Å². The van der Waals surface area contributed by atoms with Crippen LogP contribution in [-0.4, -0.2) is 56.0 Å². The lowest BCUT2D eigenvalue weighted by atomic mass is 9.96. The van der Waals surface area contributed by atoms with Crippen molar-refractivity contribution in [1.82, 2.24) is 4.57 Å². The van der Waals surface area contributed by atoms with Gasteiger partial charge in [0.15, 0.2) is 6.23 Å². The van der Waals surface area contributed by atoms with Crippen LogP contribution in [0.4, 0.5) is 0 Å². The van der Waals surface area contributed by atoms with Crippen molar-refractivity contribution in [2.45, 2.75) is 37.6 Å². The fraction of sp³-hybridized carbons (Fsp3) is 0.304. The Morgan fingerprint density at radius 2 is 1.81 bits per heavy atom. The van der Waals surface area contributed by atoms with E-state index in [9.17, 15) is 30.5 Å². The number of aromatic nitrogens is 1. The summed E-state index contributed by atoms with van der Waals surface area (Å²) in [6.45, 7) is 1.26. The Morgan fingerprint density at radius 3 is 2.41 bits per heavy atom. The average Bonchev–Trinajstić information content (AvgIpc) is 3.33. The summed E-state index contributed by atoms with van der Waals surface area (Å²) in [6, 6.07) is 13.9. The molecule has 0 amide bonds. The van der Waals surface area contributed by atoms with E-state index >= 15 is 0 Å². The quantitative estimate of drug-likeness (QED) is 0.470. The average molecular weight is 438 g/mol. The molecule has 3 aromatic rings. The molecule has 4 rings (SSSR count). The van der Waals surface area contributed by atoms with E-state index in [0.717, 1.165) is 10.1 Å². The van der Waals surface area contributed by atoms with E-state index < -0.39 is 42.8 Å². The number of benzene rings is 1.